The van der Waals surface area contributed by atoms with Gasteiger partial charge in [0.25, 0.3) is 0 Å². The summed E-state index contributed by atoms with van der Waals surface area (Å²) in [5.74, 6) is -0.353. The molecule has 3 saturated heterocycles. The number of benzene rings is 1. The van der Waals surface area contributed by atoms with E-state index in [4.69, 9.17) is 23.5 Å². The molecule has 0 spiro atoms. The molecule has 4 amide bonds. The highest BCUT2D eigenvalue weighted by atomic mass is 16.7. The van der Waals surface area contributed by atoms with Crippen molar-refractivity contribution in [1.82, 2.24) is 20.4 Å². The van der Waals surface area contributed by atoms with Gasteiger partial charge in [-0.1, -0.05) is 70.2 Å². The van der Waals surface area contributed by atoms with Crippen LogP contribution in [-0.2, 0) is 46.2 Å². The third kappa shape index (κ3) is 8.51. The van der Waals surface area contributed by atoms with E-state index >= 15 is 0 Å². The van der Waals surface area contributed by atoms with Gasteiger partial charge in [0.2, 0.25) is 11.8 Å². The second-order valence-electron chi connectivity index (χ2n) is 18.5. The molecule has 3 aliphatic carbocycles. The SMILES string of the molecule is CC(C)(C)OC(=O)N[C@@H]1COCCCCCCCC[C@H](B2OC3CC4CC(C4(C)C)C3(C)O2)NC(=O)[C@@H]2C[C@@H](OC(=O)N3Cc4ccccc4C3)CN2C1=O. The molecule has 2 bridgehead atoms. The number of nitrogens with zero attached hydrogens (tertiary/aromatic N) is 2. The summed E-state index contributed by atoms with van der Waals surface area (Å²) >= 11 is 0. The summed E-state index contributed by atoms with van der Waals surface area (Å²) in [7, 11) is -0.623. The molecule has 4 unspecified atom stereocenters. The highest BCUT2D eigenvalue weighted by Gasteiger charge is 2.68. The summed E-state index contributed by atoms with van der Waals surface area (Å²) in [6.45, 7) is 13.2. The summed E-state index contributed by atoms with van der Waals surface area (Å²) in [5, 5.41) is 5.98. The predicted octanol–water partition coefficient (Wildman–Crippen LogP) is 5.51. The molecule has 14 heteroatoms. The summed E-state index contributed by atoms with van der Waals surface area (Å²) in [6, 6.07) is 5.78. The first kappa shape index (κ1) is 39.9. The molecule has 0 radical (unpaired) electrons. The lowest BCUT2D eigenvalue weighted by Gasteiger charge is -2.64. The van der Waals surface area contributed by atoms with Crippen molar-refractivity contribution in [3.8, 4) is 0 Å². The Kier molecular flexibility index (Phi) is 11.5. The zero-order valence-corrected chi connectivity index (χ0v) is 33.6. The Morgan fingerprint density at radius 2 is 1.65 bits per heavy atom. The molecule has 4 heterocycles. The third-order valence-corrected chi connectivity index (χ3v) is 13.2. The van der Waals surface area contributed by atoms with Crippen LogP contribution in [0.4, 0.5) is 9.59 Å². The fourth-order valence-corrected chi connectivity index (χ4v) is 9.98. The Balaban J connectivity index is 1.12. The minimum atomic E-state index is -1.13. The maximum Gasteiger partial charge on any atom is 0.481 e. The number of hydrogen-bond donors (Lipinski definition) is 2. The largest absolute Gasteiger partial charge is 0.481 e. The van der Waals surface area contributed by atoms with Crippen LogP contribution in [0.5, 0.6) is 0 Å². The second-order valence-corrected chi connectivity index (χ2v) is 18.5. The third-order valence-electron chi connectivity index (χ3n) is 13.2. The standard InChI is InChI=1S/C41H61BN4O9/c1-39(2,3)53-37(49)43-30-25-51-18-14-10-8-7-9-11-17-34(42-54-33-20-28-19-32(40(28,4)5)41(33,6)55-42)44-35(47)31-21-29(24-46(31)36(30)48)52-38(50)45-22-26-15-12-13-16-27(26)23-45/h12-13,15-16,28-34H,7-11,14,17-25H2,1-6H3,(H,43,49)(H,44,47)/t28?,29-,30-,31+,32?,33?,34-,41?/m1/s1. The Morgan fingerprint density at radius 1 is 0.964 bits per heavy atom. The molecule has 3 saturated carbocycles. The minimum absolute atomic E-state index is 0.0185. The van der Waals surface area contributed by atoms with Crippen molar-refractivity contribution in [3.63, 3.8) is 0 Å². The van der Waals surface area contributed by atoms with E-state index in [1.807, 2.05) is 24.3 Å². The average molecular weight is 765 g/mol. The number of amides is 4. The molecule has 13 nitrogen and oxygen atoms in total. The van der Waals surface area contributed by atoms with Crippen molar-refractivity contribution in [2.45, 2.75) is 160 Å². The molecule has 7 aliphatic rings. The number of carbonyl (C=O) groups excluding carboxylic acids is 4. The van der Waals surface area contributed by atoms with E-state index in [2.05, 4.69) is 31.4 Å². The van der Waals surface area contributed by atoms with Gasteiger partial charge in [-0.15, -0.1) is 0 Å². The van der Waals surface area contributed by atoms with Crippen LogP contribution in [0.1, 0.15) is 117 Å². The van der Waals surface area contributed by atoms with E-state index in [9.17, 15) is 19.2 Å². The van der Waals surface area contributed by atoms with Crippen molar-refractivity contribution in [1.29, 1.82) is 0 Å². The van der Waals surface area contributed by atoms with E-state index in [-0.39, 0.29) is 37.0 Å². The molecule has 6 fully saturated rings. The fraction of sp³-hybridized carbons (Fsp3) is 0.756. The molecule has 2 N–H and O–H groups in total. The fourth-order valence-electron chi connectivity index (χ4n) is 9.98. The van der Waals surface area contributed by atoms with E-state index in [1.54, 1.807) is 25.7 Å². The van der Waals surface area contributed by atoms with Gasteiger partial charge in [-0.3, -0.25) is 14.5 Å². The number of hydrogen-bond acceptors (Lipinski definition) is 9. The van der Waals surface area contributed by atoms with Crippen LogP contribution < -0.4 is 10.6 Å². The highest BCUT2D eigenvalue weighted by Crippen LogP contribution is 2.65. The topological polar surface area (TPSA) is 145 Å². The molecule has 8 atom stereocenters. The number of rotatable bonds is 3. The van der Waals surface area contributed by atoms with Gasteiger partial charge in [-0.25, -0.2) is 9.59 Å². The number of alkyl carbamates (subject to hydrolysis) is 1. The van der Waals surface area contributed by atoms with Crippen molar-refractivity contribution >= 4 is 31.1 Å². The molecular formula is C41H61BN4O9. The van der Waals surface area contributed by atoms with E-state index in [1.165, 1.54) is 4.90 Å². The van der Waals surface area contributed by atoms with Gasteiger partial charge < -0.3 is 39.1 Å². The van der Waals surface area contributed by atoms with Crippen molar-refractivity contribution in [3.05, 3.63) is 35.4 Å². The first-order valence-electron chi connectivity index (χ1n) is 20.7. The van der Waals surface area contributed by atoms with Gasteiger partial charge in [0.1, 0.15) is 23.8 Å². The van der Waals surface area contributed by atoms with Crippen LogP contribution in [-0.4, -0.2) is 102 Å². The lowest BCUT2D eigenvalue weighted by Crippen LogP contribution is -2.65. The van der Waals surface area contributed by atoms with Crippen LogP contribution in [0.25, 0.3) is 0 Å². The lowest BCUT2D eigenvalue weighted by molar-refractivity contribution is -0.199. The summed E-state index contributed by atoms with van der Waals surface area (Å²) in [6.07, 6.45) is 6.56. The number of fused-ring (bicyclic) bond motifs is 2. The molecule has 4 aliphatic heterocycles. The highest BCUT2D eigenvalue weighted by molar-refractivity contribution is 6.48. The normalized spacial score (nSPS) is 34.1. The van der Waals surface area contributed by atoms with Crippen LogP contribution in [0.2, 0.25) is 0 Å². The van der Waals surface area contributed by atoms with Crippen LogP contribution >= 0.6 is 0 Å². The zero-order valence-electron chi connectivity index (χ0n) is 33.6. The minimum Gasteiger partial charge on any atom is -0.444 e. The van der Waals surface area contributed by atoms with Crippen molar-refractivity contribution in [2.75, 3.05) is 19.8 Å². The monoisotopic (exact) mass is 764 g/mol. The van der Waals surface area contributed by atoms with Gasteiger partial charge in [0, 0.05) is 26.1 Å². The molecule has 8 rings (SSSR count). The molecule has 55 heavy (non-hydrogen) atoms. The summed E-state index contributed by atoms with van der Waals surface area (Å²) in [4.78, 5) is 58.7. The molecule has 1 aromatic rings. The maximum absolute atomic E-state index is 14.6. The molecule has 1 aromatic carbocycles. The lowest BCUT2D eigenvalue weighted by atomic mass is 9.43. The van der Waals surface area contributed by atoms with Gasteiger partial charge in [0.15, 0.2) is 0 Å². The van der Waals surface area contributed by atoms with Crippen molar-refractivity contribution in [2.24, 2.45) is 17.3 Å². The van der Waals surface area contributed by atoms with Crippen LogP contribution in [0.3, 0.4) is 0 Å². The van der Waals surface area contributed by atoms with Crippen LogP contribution in [0.15, 0.2) is 24.3 Å². The number of ether oxygens (including phenoxy) is 3. The first-order chi connectivity index (χ1) is 26.1. The second kappa shape index (κ2) is 15.9. The van der Waals surface area contributed by atoms with E-state index in [0.29, 0.717) is 38.0 Å². The van der Waals surface area contributed by atoms with Gasteiger partial charge in [-0.2, -0.15) is 0 Å². The summed E-state index contributed by atoms with van der Waals surface area (Å²) < 4.78 is 31.1. The quantitative estimate of drug-likeness (QED) is 0.381. The van der Waals surface area contributed by atoms with E-state index < -0.39 is 60.5 Å². The van der Waals surface area contributed by atoms with E-state index in [0.717, 1.165) is 62.5 Å². The number of carbonyl (C=O) groups is 4. The Bertz CT molecular complexity index is 1580. The maximum atomic E-state index is 14.6. The molecular weight excluding hydrogens is 703 g/mol. The predicted molar refractivity (Wildman–Crippen MR) is 204 cm³/mol. The van der Waals surface area contributed by atoms with Gasteiger partial charge in [-0.05, 0) is 81.8 Å². The molecule has 302 valence electrons. The first-order valence-corrected chi connectivity index (χ1v) is 20.7. The summed E-state index contributed by atoms with van der Waals surface area (Å²) in [5.41, 5.74) is 1.07. The van der Waals surface area contributed by atoms with Gasteiger partial charge >= 0.3 is 19.3 Å². The zero-order chi connectivity index (χ0) is 39.1. The van der Waals surface area contributed by atoms with Gasteiger partial charge in [0.05, 0.1) is 30.8 Å². The average Bonchev–Trinajstić information content (AvgIpc) is 3.84. The van der Waals surface area contributed by atoms with Crippen LogP contribution in [0, 0.1) is 17.3 Å². The number of nitrogens with one attached hydrogen (secondary N) is 2. The Hall–Kier alpha value is -3.36. The smallest absolute Gasteiger partial charge is 0.444 e. The Labute approximate surface area is 326 Å². The van der Waals surface area contributed by atoms with Crippen molar-refractivity contribution < 1.29 is 42.7 Å². The molecule has 0 aromatic heterocycles. The Morgan fingerprint density at radius 3 is 2.35 bits per heavy atom.